The largest absolute Gasteiger partial charge is 0.291 e. The molecule has 1 radical (unpaired) electrons. The average molecular weight is 113 g/mol. The summed E-state index contributed by atoms with van der Waals surface area (Å²) in [5, 5.41) is 0. The predicted octanol–water partition coefficient (Wildman–Crippen LogP) is 1.92. The van der Waals surface area contributed by atoms with Crippen LogP contribution in [-0.2, 0) is 4.79 Å². The summed E-state index contributed by atoms with van der Waals surface area (Å²) in [6.45, 7) is 4.03. The first-order valence-corrected chi connectivity index (χ1v) is 3.19. The van der Waals surface area contributed by atoms with E-state index in [9.17, 15) is 4.79 Å². The SMILES string of the molecule is CCCCC(C)[C]=O. The second-order valence-corrected chi connectivity index (χ2v) is 2.16. The molecule has 1 atom stereocenters. The highest BCUT2D eigenvalue weighted by atomic mass is 16.1. The van der Waals surface area contributed by atoms with Gasteiger partial charge < -0.3 is 0 Å². The smallest absolute Gasteiger partial charge is 0.201 e. The van der Waals surface area contributed by atoms with Crippen molar-refractivity contribution in [3.8, 4) is 0 Å². The van der Waals surface area contributed by atoms with Gasteiger partial charge >= 0.3 is 0 Å². The van der Waals surface area contributed by atoms with Crippen molar-refractivity contribution < 1.29 is 4.79 Å². The third-order valence-corrected chi connectivity index (χ3v) is 1.19. The minimum Gasteiger partial charge on any atom is -0.291 e. The molecule has 8 heavy (non-hydrogen) atoms. The van der Waals surface area contributed by atoms with Crippen molar-refractivity contribution in [2.24, 2.45) is 5.92 Å². The van der Waals surface area contributed by atoms with Gasteiger partial charge in [-0.25, -0.2) is 0 Å². The minimum absolute atomic E-state index is 0.148. The summed E-state index contributed by atoms with van der Waals surface area (Å²) in [4.78, 5) is 9.89. The summed E-state index contributed by atoms with van der Waals surface area (Å²) in [5.41, 5.74) is 0. The molecular formula is C7H13O. The van der Waals surface area contributed by atoms with E-state index in [0.29, 0.717) is 0 Å². The fourth-order valence-electron chi connectivity index (χ4n) is 0.569. The summed E-state index contributed by atoms with van der Waals surface area (Å²) in [6.07, 6.45) is 5.27. The molecule has 0 aliphatic rings. The van der Waals surface area contributed by atoms with E-state index in [-0.39, 0.29) is 5.92 Å². The van der Waals surface area contributed by atoms with Crippen molar-refractivity contribution in [2.45, 2.75) is 33.1 Å². The summed E-state index contributed by atoms with van der Waals surface area (Å²) in [7, 11) is 0. The lowest BCUT2D eigenvalue weighted by molar-refractivity contribution is 0.512. The van der Waals surface area contributed by atoms with Crippen LogP contribution in [0.15, 0.2) is 0 Å². The molecule has 0 spiro atoms. The first-order chi connectivity index (χ1) is 3.81. The first kappa shape index (κ1) is 7.67. The summed E-state index contributed by atoms with van der Waals surface area (Å²) in [5.74, 6) is 0.148. The lowest BCUT2D eigenvalue weighted by atomic mass is 10.1. The molecule has 0 saturated carbocycles. The quantitative estimate of drug-likeness (QED) is 0.544. The summed E-state index contributed by atoms with van der Waals surface area (Å²) < 4.78 is 0. The van der Waals surface area contributed by atoms with Crippen molar-refractivity contribution in [3.05, 3.63) is 0 Å². The van der Waals surface area contributed by atoms with Crippen molar-refractivity contribution >= 4 is 6.29 Å². The van der Waals surface area contributed by atoms with Gasteiger partial charge in [0, 0.05) is 5.92 Å². The van der Waals surface area contributed by atoms with Crippen LogP contribution in [0.2, 0.25) is 0 Å². The predicted molar refractivity (Wildman–Crippen MR) is 34.4 cm³/mol. The van der Waals surface area contributed by atoms with Gasteiger partial charge in [-0.15, -0.1) is 0 Å². The Morgan fingerprint density at radius 2 is 2.25 bits per heavy atom. The molecule has 1 unspecified atom stereocenters. The third-order valence-electron chi connectivity index (χ3n) is 1.19. The molecule has 0 aliphatic carbocycles. The molecule has 0 aromatic carbocycles. The molecule has 0 aromatic heterocycles. The Morgan fingerprint density at radius 3 is 2.62 bits per heavy atom. The molecule has 0 amide bonds. The van der Waals surface area contributed by atoms with E-state index in [1.165, 1.54) is 6.42 Å². The molecule has 47 valence electrons. The first-order valence-electron chi connectivity index (χ1n) is 3.19. The fraction of sp³-hybridized carbons (Fsp3) is 0.857. The number of unbranched alkanes of at least 4 members (excludes halogenated alkanes) is 1. The van der Waals surface area contributed by atoms with Gasteiger partial charge in [0.2, 0.25) is 6.29 Å². The van der Waals surface area contributed by atoms with Gasteiger partial charge in [-0.1, -0.05) is 26.7 Å². The second kappa shape index (κ2) is 4.82. The monoisotopic (exact) mass is 113 g/mol. The maximum absolute atomic E-state index is 9.89. The van der Waals surface area contributed by atoms with Crippen LogP contribution in [0.1, 0.15) is 33.1 Å². The molecule has 0 N–H and O–H groups in total. The van der Waals surface area contributed by atoms with Gasteiger partial charge in [0.15, 0.2) is 0 Å². The van der Waals surface area contributed by atoms with Crippen LogP contribution < -0.4 is 0 Å². The van der Waals surface area contributed by atoms with E-state index >= 15 is 0 Å². The Bertz CT molecular complexity index is 59.4. The molecule has 1 nitrogen and oxygen atoms in total. The van der Waals surface area contributed by atoms with Crippen LogP contribution in [-0.4, -0.2) is 6.29 Å². The lowest BCUT2D eigenvalue weighted by Gasteiger charge is -1.96. The Balaban J connectivity index is 2.98. The zero-order chi connectivity index (χ0) is 6.41. The molecule has 0 bridgehead atoms. The van der Waals surface area contributed by atoms with Gasteiger partial charge in [0.25, 0.3) is 0 Å². The van der Waals surface area contributed by atoms with Crippen LogP contribution in [0.3, 0.4) is 0 Å². The molecule has 0 rings (SSSR count). The number of hydrogen-bond acceptors (Lipinski definition) is 1. The molecular weight excluding hydrogens is 100 g/mol. The Hall–Kier alpha value is -0.330. The molecule has 0 aromatic rings. The van der Waals surface area contributed by atoms with Gasteiger partial charge in [0.1, 0.15) is 0 Å². The maximum Gasteiger partial charge on any atom is 0.201 e. The third kappa shape index (κ3) is 3.85. The van der Waals surface area contributed by atoms with E-state index < -0.39 is 0 Å². The summed E-state index contributed by atoms with van der Waals surface area (Å²) in [6, 6.07) is 0. The zero-order valence-electron chi connectivity index (χ0n) is 5.61. The van der Waals surface area contributed by atoms with E-state index in [4.69, 9.17) is 0 Å². The highest BCUT2D eigenvalue weighted by Crippen LogP contribution is 2.03. The van der Waals surface area contributed by atoms with Crippen LogP contribution in [0.5, 0.6) is 0 Å². The van der Waals surface area contributed by atoms with Crippen LogP contribution in [0, 0.1) is 5.92 Å². The number of carbonyl (C=O) groups excluding carboxylic acids is 1. The van der Waals surface area contributed by atoms with E-state index in [2.05, 4.69) is 6.92 Å². The highest BCUT2D eigenvalue weighted by molar-refractivity contribution is 5.53. The number of rotatable bonds is 4. The molecule has 0 fully saturated rings. The summed E-state index contributed by atoms with van der Waals surface area (Å²) >= 11 is 0. The molecule has 0 heterocycles. The van der Waals surface area contributed by atoms with Crippen LogP contribution in [0.25, 0.3) is 0 Å². The Kier molecular flexibility index (Phi) is 4.62. The van der Waals surface area contributed by atoms with Crippen molar-refractivity contribution in [2.75, 3.05) is 0 Å². The molecule has 0 aliphatic heterocycles. The zero-order valence-corrected chi connectivity index (χ0v) is 5.61. The molecule has 0 saturated heterocycles. The van der Waals surface area contributed by atoms with E-state index in [0.717, 1.165) is 12.8 Å². The van der Waals surface area contributed by atoms with Crippen molar-refractivity contribution in [3.63, 3.8) is 0 Å². The topological polar surface area (TPSA) is 17.1 Å². The Morgan fingerprint density at radius 1 is 1.62 bits per heavy atom. The van der Waals surface area contributed by atoms with Crippen molar-refractivity contribution in [1.82, 2.24) is 0 Å². The van der Waals surface area contributed by atoms with Gasteiger partial charge in [-0.3, -0.25) is 4.79 Å². The van der Waals surface area contributed by atoms with Gasteiger partial charge in [-0.2, -0.15) is 0 Å². The normalized spacial score (nSPS) is 13.2. The van der Waals surface area contributed by atoms with E-state index in [1.54, 1.807) is 0 Å². The van der Waals surface area contributed by atoms with Crippen LogP contribution in [0.4, 0.5) is 0 Å². The van der Waals surface area contributed by atoms with Crippen molar-refractivity contribution in [1.29, 1.82) is 0 Å². The lowest BCUT2D eigenvalue weighted by Crippen LogP contribution is -1.93. The minimum atomic E-state index is 0.148. The standard InChI is InChI=1S/C7H13O/c1-3-4-5-7(2)6-8/h7H,3-5H2,1-2H3. The number of hydrogen-bond donors (Lipinski definition) is 0. The highest BCUT2D eigenvalue weighted by Gasteiger charge is 1.96. The average Bonchev–Trinajstić information content (AvgIpc) is 1.83. The van der Waals surface area contributed by atoms with Crippen LogP contribution >= 0.6 is 0 Å². The van der Waals surface area contributed by atoms with Gasteiger partial charge in [-0.05, 0) is 6.42 Å². The fourth-order valence-corrected chi connectivity index (χ4v) is 0.569. The molecule has 1 heteroatoms. The van der Waals surface area contributed by atoms with E-state index in [1.807, 2.05) is 13.2 Å². The second-order valence-electron chi connectivity index (χ2n) is 2.16. The Labute approximate surface area is 51.1 Å². The van der Waals surface area contributed by atoms with Gasteiger partial charge in [0.05, 0.1) is 0 Å². The maximum atomic E-state index is 9.89.